The van der Waals surface area contributed by atoms with Crippen LogP contribution in [-0.4, -0.2) is 19.5 Å². The molecule has 106 valence electrons. The maximum absolute atomic E-state index is 15.3. The standard InChI is InChI=1S/C15H23FO2Si/c1-11(2)9-19(16,10-12(3)4)14-7-5-13(6-8-14)15(17)18/h5-8,11-12H,9-10H2,1-4H3,(H,17,18)/i16-1. The van der Waals surface area contributed by atoms with E-state index in [1.54, 1.807) is 12.1 Å². The predicted octanol–water partition coefficient (Wildman–Crippen LogP) is 3.82. The number of aromatic carboxylic acids is 1. The molecule has 4 heteroatoms. The van der Waals surface area contributed by atoms with Gasteiger partial charge in [0, 0.05) is 0 Å². The normalized spacial score (nSPS) is 12.2. The predicted molar refractivity (Wildman–Crippen MR) is 79.2 cm³/mol. The molecular weight excluding hydrogens is 258 g/mol. The van der Waals surface area contributed by atoms with E-state index >= 15 is 4.11 Å². The van der Waals surface area contributed by atoms with E-state index in [0.29, 0.717) is 23.9 Å². The average molecular weight is 281 g/mol. The van der Waals surface area contributed by atoms with Gasteiger partial charge in [0.25, 0.3) is 8.41 Å². The monoisotopic (exact) mass is 281 g/mol. The molecule has 1 aromatic rings. The van der Waals surface area contributed by atoms with E-state index in [9.17, 15) is 4.79 Å². The molecule has 0 aliphatic heterocycles. The first-order chi connectivity index (χ1) is 8.74. The zero-order valence-electron chi connectivity index (χ0n) is 12.1. The summed E-state index contributed by atoms with van der Waals surface area (Å²) in [6.45, 7) is 8.14. The molecule has 1 rings (SSSR count). The average Bonchev–Trinajstić information content (AvgIpc) is 2.26. The van der Waals surface area contributed by atoms with E-state index in [0.717, 1.165) is 5.19 Å². The maximum atomic E-state index is 15.3. The molecule has 0 saturated carbocycles. The lowest BCUT2D eigenvalue weighted by molar-refractivity contribution is 0.0697. The van der Waals surface area contributed by atoms with Crippen LogP contribution in [0, 0.1) is 11.8 Å². The van der Waals surface area contributed by atoms with Gasteiger partial charge >= 0.3 is 5.97 Å². The summed E-state index contributed by atoms with van der Waals surface area (Å²) in [7, 11) is -3.00. The van der Waals surface area contributed by atoms with Crippen LogP contribution >= 0.6 is 0 Å². The summed E-state index contributed by atoms with van der Waals surface area (Å²) in [5, 5.41) is 9.61. The van der Waals surface area contributed by atoms with E-state index in [1.165, 1.54) is 12.1 Å². The van der Waals surface area contributed by atoms with Gasteiger partial charge in [0.05, 0.1) is 5.56 Å². The van der Waals surface area contributed by atoms with Crippen molar-refractivity contribution >= 4 is 19.6 Å². The third kappa shape index (κ3) is 4.46. The summed E-state index contributed by atoms with van der Waals surface area (Å²) >= 11 is 0. The summed E-state index contributed by atoms with van der Waals surface area (Å²) in [5.74, 6) is -0.338. The molecule has 0 aliphatic carbocycles. The van der Waals surface area contributed by atoms with Crippen molar-refractivity contribution in [1.29, 1.82) is 0 Å². The van der Waals surface area contributed by atoms with Gasteiger partial charge in [-0.1, -0.05) is 39.8 Å². The number of rotatable bonds is 6. The Balaban J connectivity index is 3.06. The molecule has 0 fully saturated rings. The van der Waals surface area contributed by atoms with Crippen molar-refractivity contribution in [3.05, 3.63) is 29.8 Å². The first kappa shape index (κ1) is 15.9. The first-order valence-electron chi connectivity index (χ1n) is 6.77. The number of carboxylic acid groups (broad SMARTS) is 1. The van der Waals surface area contributed by atoms with E-state index < -0.39 is 14.4 Å². The Morgan fingerprint density at radius 2 is 1.53 bits per heavy atom. The van der Waals surface area contributed by atoms with Crippen molar-refractivity contribution in [3.63, 3.8) is 0 Å². The Morgan fingerprint density at radius 3 is 1.84 bits per heavy atom. The molecule has 2 nitrogen and oxygen atoms in total. The van der Waals surface area contributed by atoms with Crippen molar-refractivity contribution in [1.82, 2.24) is 0 Å². The molecule has 0 aromatic heterocycles. The third-order valence-electron chi connectivity index (χ3n) is 3.11. The van der Waals surface area contributed by atoms with E-state index in [-0.39, 0.29) is 5.56 Å². The summed E-state index contributed by atoms with van der Waals surface area (Å²) in [4.78, 5) is 10.8. The maximum Gasteiger partial charge on any atom is 0.335 e. The summed E-state index contributed by atoms with van der Waals surface area (Å²) in [5.41, 5.74) is 0.217. The Morgan fingerprint density at radius 1 is 1.11 bits per heavy atom. The highest BCUT2D eigenvalue weighted by molar-refractivity contribution is 6.86. The topological polar surface area (TPSA) is 37.3 Å². The van der Waals surface area contributed by atoms with Crippen LogP contribution in [0.15, 0.2) is 24.3 Å². The van der Waals surface area contributed by atoms with Gasteiger partial charge < -0.3 is 9.21 Å². The van der Waals surface area contributed by atoms with Crippen LogP contribution in [0.2, 0.25) is 12.1 Å². The van der Waals surface area contributed by atoms with Crippen molar-refractivity contribution in [2.45, 2.75) is 39.8 Å². The van der Waals surface area contributed by atoms with Crippen LogP contribution in [0.4, 0.5) is 4.11 Å². The Kier molecular flexibility index (Phi) is 5.29. The van der Waals surface area contributed by atoms with Crippen LogP contribution in [0.1, 0.15) is 38.1 Å². The largest absolute Gasteiger partial charge is 0.478 e. The zero-order chi connectivity index (χ0) is 14.6. The highest BCUT2D eigenvalue weighted by Crippen LogP contribution is 2.26. The van der Waals surface area contributed by atoms with Crippen LogP contribution in [0.3, 0.4) is 0 Å². The number of hydrogen-bond donors (Lipinski definition) is 1. The lowest BCUT2D eigenvalue weighted by Gasteiger charge is -2.26. The quantitative estimate of drug-likeness (QED) is 0.636. The van der Waals surface area contributed by atoms with Crippen LogP contribution in [0.5, 0.6) is 0 Å². The van der Waals surface area contributed by atoms with Gasteiger partial charge in [-0.25, -0.2) is 4.79 Å². The van der Waals surface area contributed by atoms with Crippen molar-refractivity contribution < 1.29 is 14.0 Å². The lowest BCUT2D eigenvalue weighted by atomic mass is 10.2. The summed E-state index contributed by atoms with van der Waals surface area (Å²) < 4.78 is 15.3. The molecule has 1 N–H and O–H groups in total. The highest BCUT2D eigenvalue weighted by Gasteiger charge is 2.37. The van der Waals surface area contributed by atoms with Gasteiger partial charge in [-0.05, 0) is 41.2 Å². The molecule has 0 bridgehead atoms. The molecule has 1 aromatic carbocycles. The molecule has 0 amide bonds. The molecule has 0 saturated heterocycles. The molecule has 19 heavy (non-hydrogen) atoms. The fourth-order valence-corrected chi connectivity index (χ4v) is 6.52. The Hall–Kier alpha value is -1.16. The first-order valence-corrected chi connectivity index (χ1v) is 9.06. The molecule has 0 radical (unpaired) electrons. The third-order valence-corrected chi connectivity index (χ3v) is 7.41. The SMILES string of the molecule is CC(C)C[Si]([18F])(CC(C)C)c1ccc(C(=O)O)cc1. The minimum atomic E-state index is -3.00. The fourth-order valence-electron chi connectivity index (χ4n) is 2.52. The van der Waals surface area contributed by atoms with Gasteiger partial charge in [0.1, 0.15) is 0 Å². The van der Waals surface area contributed by atoms with Crippen molar-refractivity contribution in [3.8, 4) is 0 Å². The van der Waals surface area contributed by atoms with E-state index in [4.69, 9.17) is 5.11 Å². The minimum Gasteiger partial charge on any atom is -0.478 e. The number of carbonyl (C=O) groups is 1. The lowest BCUT2D eigenvalue weighted by Crippen LogP contribution is -2.45. The molecule has 0 spiro atoms. The van der Waals surface area contributed by atoms with E-state index in [2.05, 4.69) is 0 Å². The number of carboxylic acids is 1. The van der Waals surface area contributed by atoms with E-state index in [1.807, 2.05) is 27.7 Å². The molecule has 0 heterocycles. The fraction of sp³-hybridized carbons (Fsp3) is 0.533. The number of benzene rings is 1. The van der Waals surface area contributed by atoms with Crippen molar-refractivity contribution in [2.75, 3.05) is 0 Å². The second-order valence-electron chi connectivity index (χ2n) is 6.04. The Labute approximate surface area is 115 Å². The minimum absolute atomic E-state index is 0.217. The molecular formula is C15H23FO2Si. The van der Waals surface area contributed by atoms with Crippen LogP contribution in [0.25, 0.3) is 0 Å². The van der Waals surface area contributed by atoms with Crippen LogP contribution < -0.4 is 5.19 Å². The zero-order valence-corrected chi connectivity index (χ0v) is 13.1. The highest BCUT2D eigenvalue weighted by atomic mass is 28.4. The summed E-state index contributed by atoms with van der Waals surface area (Å²) in [6.07, 6.45) is 0. The van der Waals surface area contributed by atoms with Crippen molar-refractivity contribution in [2.24, 2.45) is 11.8 Å². The van der Waals surface area contributed by atoms with Crippen LogP contribution in [-0.2, 0) is 0 Å². The van der Waals surface area contributed by atoms with Gasteiger partial charge in [-0.3, -0.25) is 0 Å². The Bertz CT molecular complexity index is 416. The second kappa shape index (κ2) is 6.33. The summed E-state index contributed by atoms with van der Waals surface area (Å²) in [6, 6.07) is 7.55. The smallest absolute Gasteiger partial charge is 0.335 e. The second-order valence-corrected chi connectivity index (χ2v) is 9.37. The number of halogens is 1. The van der Waals surface area contributed by atoms with Gasteiger partial charge in [0.2, 0.25) is 0 Å². The van der Waals surface area contributed by atoms with Gasteiger partial charge in [-0.15, -0.1) is 0 Å². The molecule has 0 atom stereocenters. The number of hydrogen-bond acceptors (Lipinski definition) is 1. The van der Waals surface area contributed by atoms with Gasteiger partial charge in [-0.2, -0.15) is 0 Å². The van der Waals surface area contributed by atoms with Gasteiger partial charge in [0.15, 0.2) is 0 Å². The molecule has 0 aliphatic rings. The molecule has 0 unspecified atom stereocenters.